The molecule has 0 aromatic heterocycles. The number of hydrogen-bond donors (Lipinski definition) is 1. The van der Waals surface area contributed by atoms with E-state index < -0.39 is 12.2 Å². The molecule has 0 spiro atoms. The Hall–Kier alpha value is -1.49. The molecule has 1 unspecified atom stereocenters. The molecule has 100 valence electrons. The smallest absolute Gasteiger partial charge is 0.370 e. The van der Waals surface area contributed by atoms with Gasteiger partial charge in [0.1, 0.15) is 6.04 Å². The number of nitrogens with one attached hydrogen (secondary N) is 1. The van der Waals surface area contributed by atoms with Gasteiger partial charge in [0, 0.05) is 10.2 Å². The minimum Gasteiger partial charge on any atom is -0.370 e. The molecular formula is C14H11BrF3N. The molecule has 0 aliphatic carbocycles. The van der Waals surface area contributed by atoms with Crippen molar-refractivity contribution in [3.05, 3.63) is 64.6 Å². The predicted molar refractivity (Wildman–Crippen MR) is 73.0 cm³/mol. The van der Waals surface area contributed by atoms with Crippen LogP contribution in [0.3, 0.4) is 0 Å². The third-order valence-corrected chi connectivity index (χ3v) is 3.09. The Labute approximate surface area is 117 Å². The van der Waals surface area contributed by atoms with E-state index >= 15 is 0 Å². The molecule has 2 aromatic rings. The van der Waals surface area contributed by atoms with Crippen LogP contribution in [0.2, 0.25) is 0 Å². The number of hydrogen-bond acceptors (Lipinski definition) is 1. The molecule has 1 N–H and O–H groups in total. The topological polar surface area (TPSA) is 12.0 Å². The summed E-state index contributed by atoms with van der Waals surface area (Å²) in [6.07, 6.45) is -4.36. The Morgan fingerprint density at radius 3 is 2.21 bits per heavy atom. The van der Waals surface area contributed by atoms with Gasteiger partial charge in [-0.05, 0) is 23.8 Å². The fraction of sp³-hybridized carbons (Fsp3) is 0.143. The van der Waals surface area contributed by atoms with Crippen LogP contribution in [0.25, 0.3) is 0 Å². The highest BCUT2D eigenvalue weighted by atomic mass is 79.9. The van der Waals surface area contributed by atoms with Crippen molar-refractivity contribution in [3.8, 4) is 0 Å². The average molecular weight is 330 g/mol. The summed E-state index contributed by atoms with van der Waals surface area (Å²) in [7, 11) is 0. The second kappa shape index (κ2) is 5.65. The van der Waals surface area contributed by atoms with E-state index in [9.17, 15) is 13.2 Å². The molecular weight excluding hydrogens is 319 g/mol. The molecule has 0 saturated heterocycles. The van der Waals surface area contributed by atoms with Gasteiger partial charge < -0.3 is 5.32 Å². The first-order chi connectivity index (χ1) is 8.97. The van der Waals surface area contributed by atoms with E-state index in [0.717, 1.165) is 4.47 Å². The summed E-state index contributed by atoms with van der Waals surface area (Å²) in [6.45, 7) is 0. The minimum absolute atomic E-state index is 0.190. The van der Waals surface area contributed by atoms with Gasteiger partial charge in [-0.25, -0.2) is 0 Å². The predicted octanol–water partition coefficient (Wildman–Crippen LogP) is 5.16. The van der Waals surface area contributed by atoms with Crippen molar-refractivity contribution in [2.24, 2.45) is 0 Å². The molecule has 0 aliphatic heterocycles. The molecule has 1 nitrogen and oxygen atoms in total. The van der Waals surface area contributed by atoms with E-state index in [2.05, 4.69) is 21.2 Å². The molecule has 0 amide bonds. The van der Waals surface area contributed by atoms with Gasteiger partial charge in [-0.2, -0.15) is 13.2 Å². The molecule has 0 aliphatic rings. The zero-order valence-corrected chi connectivity index (χ0v) is 11.4. The molecule has 19 heavy (non-hydrogen) atoms. The molecule has 0 heterocycles. The van der Waals surface area contributed by atoms with Crippen molar-refractivity contribution in [1.29, 1.82) is 0 Å². The summed E-state index contributed by atoms with van der Waals surface area (Å²) in [5.41, 5.74) is 0.607. The quantitative estimate of drug-likeness (QED) is 0.819. The third-order valence-electron chi connectivity index (χ3n) is 2.60. The van der Waals surface area contributed by atoms with Gasteiger partial charge in [0.2, 0.25) is 0 Å². The second-order valence-corrected chi connectivity index (χ2v) is 4.96. The molecule has 5 heteroatoms. The van der Waals surface area contributed by atoms with E-state index in [0.29, 0.717) is 5.69 Å². The zero-order chi connectivity index (χ0) is 13.9. The SMILES string of the molecule is FC(F)(F)C(Nc1cccc(Br)c1)c1ccccc1. The van der Waals surface area contributed by atoms with E-state index in [1.54, 1.807) is 42.5 Å². The minimum atomic E-state index is -4.36. The fourth-order valence-electron chi connectivity index (χ4n) is 1.74. The third kappa shape index (κ3) is 3.73. The number of alkyl halides is 3. The van der Waals surface area contributed by atoms with Crippen molar-refractivity contribution in [2.45, 2.75) is 12.2 Å². The molecule has 0 saturated carbocycles. The average Bonchev–Trinajstić information content (AvgIpc) is 2.36. The Bertz CT molecular complexity index is 540. The van der Waals surface area contributed by atoms with Gasteiger partial charge in [0.15, 0.2) is 0 Å². The van der Waals surface area contributed by atoms with Gasteiger partial charge in [0.05, 0.1) is 0 Å². The zero-order valence-electron chi connectivity index (χ0n) is 9.79. The Morgan fingerprint density at radius 1 is 0.947 bits per heavy atom. The maximum absolute atomic E-state index is 13.1. The lowest BCUT2D eigenvalue weighted by Crippen LogP contribution is -2.27. The van der Waals surface area contributed by atoms with Crippen LogP contribution in [0.4, 0.5) is 18.9 Å². The van der Waals surface area contributed by atoms with Gasteiger partial charge in [0.25, 0.3) is 0 Å². The number of benzene rings is 2. The van der Waals surface area contributed by atoms with Crippen LogP contribution in [0.5, 0.6) is 0 Å². The maximum Gasteiger partial charge on any atom is 0.412 e. The van der Waals surface area contributed by atoms with Crippen LogP contribution >= 0.6 is 15.9 Å². The molecule has 2 aromatic carbocycles. The van der Waals surface area contributed by atoms with Crippen LogP contribution in [-0.4, -0.2) is 6.18 Å². The van der Waals surface area contributed by atoms with Crippen molar-refractivity contribution >= 4 is 21.6 Å². The molecule has 0 radical (unpaired) electrons. The first kappa shape index (κ1) is 13.9. The largest absolute Gasteiger partial charge is 0.412 e. The van der Waals surface area contributed by atoms with E-state index in [4.69, 9.17) is 0 Å². The van der Waals surface area contributed by atoms with Crippen LogP contribution < -0.4 is 5.32 Å². The van der Waals surface area contributed by atoms with Crippen molar-refractivity contribution < 1.29 is 13.2 Å². The van der Waals surface area contributed by atoms with E-state index in [1.165, 1.54) is 12.1 Å². The lowest BCUT2D eigenvalue weighted by molar-refractivity contribution is -0.144. The van der Waals surface area contributed by atoms with Crippen molar-refractivity contribution in [1.82, 2.24) is 0 Å². The summed E-state index contributed by atoms with van der Waals surface area (Å²) in [4.78, 5) is 0. The molecule has 0 fully saturated rings. The van der Waals surface area contributed by atoms with Gasteiger partial charge >= 0.3 is 6.18 Å². The highest BCUT2D eigenvalue weighted by molar-refractivity contribution is 9.10. The fourth-order valence-corrected chi connectivity index (χ4v) is 2.14. The van der Waals surface area contributed by atoms with E-state index in [1.807, 2.05) is 0 Å². The molecule has 0 bridgehead atoms. The molecule has 1 atom stereocenters. The van der Waals surface area contributed by atoms with Crippen molar-refractivity contribution in [3.63, 3.8) is 0 Å². The highest BCUT2D eigenvalue weighted by Crippen LogP contribution is 2.35. The van der Waals surface area contributed by atoms with E-state index in [-0.39, 0.29) is 5.56 Å². The Morgan fingerprint density at radius 2 is 1.63 bits per heavy atom. The first-order valence-corrected chi connectivity index (χ1v) is 6.40. The summed E-state index contributed by atoms with van der Waals surface area (Å²) >= 11 is 3.24. The number of rotatable bonds is 3. The van der Waals surface area contributed by atoms with Crippen molar-refractivity contribution in [2.75, 3.05) is 5.32 Å². The summed E-state index contributed by atoms with van der Waals surface area (Å²) in [5, 5.41) is 2.52. The van der Waals surface area contributed by atoms with Gasteiger partial charge in [-0.1, -0.05) is 52.3 Å². The molecule has 2 rings (SSSR count). The number of halogens is 4. The lowest BCUT2D eigenvalue weighted by Gasteiger charge is -2.23. The van der Waals surface area contributed by atoms with Crippen LogP contribution in [0.15, 0.2) is 59.1 Å². The normalized spacial score (nSPS) is 13.1. The number of anilines is 1. The Balaban J connectivity index is 2.30. The maximum atomic E-state index is 13.1. The second-order valence-electron chi connectivity index (χ2n) is 4.04. The van der Waals surface area contributed by atoms with Gasteiger partial charge in [-0.15, -0.1) is 0 Å². The summed E-state index contributed by atoms with van der Waals surface area (Å²) in [5.74, 6) is 0. The van der Waals surface area contributed by atoms with Gasteiger partial charge in [-0.3, -0.25) is 0 Å². The first-order valence-electron chi connectivity index (χ1n) is 5.60. The van der Waals surface area contributed by atoms with Crippen LogP contribution in [-0.2, 0) is 0 Å². The summed E-state index contributed by atoms with van der Waals surface area (Å²) in [6, 6.07) is 12.7. The van der Waals surface area contributed by atoms with Crippen LogP contribution in [0.1, 0.15) is 11.6 Å². The standard InChI is InChI=1S/C14H11BrF3N/c15-11-7-4-8-12(9-11)19-13(14(16,17)18)10-5-2-1-3-6-10/h1-9,13,19H. The monoisotopic (exact) mass is 329 g/mol. The summed E-state index contributed by atoms with van der Waals surface area (Å²) < 4.78 is 40.1. The van der Waals surface area contributed by atoms with Crippen LogP contribution in [0, 0.1) is 0 Å². The highest BCUT2D eigenvalue weighted by Gasteiger charge is 2.40. The lowest BCUT2D eigenvalue weighted by atomic mass is 10.1. The Kier molecular flexibility index (Phi) is 4.14.